The van der Waals surface area contributed by atoms with Gasteiger partial charge in [0.25, 0.3) is 5.91 Å². The van der Waals surface area contributed by atoms with Crippen molar-refractivity contribution >= 4 is 87.2 Å². The van der Waals surface area contributed by atoms with Crippen molar-refractivity contribution in [1.29, 1.82) is 0 Å². The molecule has 0 aliphatic rings. The van der Waals surface area contributed by atoms with E-state index in [2.05, 4.69) is 5.32 Å². The number of amides is 3. The number of carbonyl (C=O) groups is 2. The Morgan fingerprint density at radius 1 is 0.788 bits per heavy atom. The Balaban J connectivity index is 1.82. The Morgan fingerprint density at radius 2 is 1.39 bits per heavy atom. The highest BCUT2D eigenvalue weighted by Gasteiger charge is 2.22. The van der Waals surface area contributed by atoms with E-state index in [9.17, 15) is 18.4 Å². The van der Waals surface area contributed by atoms with Crippen molar-refractivity contribution in [2.75, 3.05) is 5.32 Å². The molecule has 3 amide bonds. The molecule has 0 spiro atoms. The number of anilines is 1. The lowest BCUT2D eigenvalue weighted by Crippen LogP contribution is -2.35. The molecule has 0 aliphatic heterocycles. The summed E-state index contributed by atoms with van der Waals surface area (Å²) in [5, 5.41) is 3.91. The zero-order valence-corrected chi connectivity index (χ0v) is 20.2. The lowest BCUT2D eigenvalue weighted by molar-refractivity contribution is 0.0959. The molecule has 0 saturated heterocycles. The Bertz CT molecular complexity index is 1270. The van der Waals surface area contributed by atoms with Gasteiger partial charge >= 0.3 is 6.03 Å². The first-order valence-electron chi connectivity index (χ1n) is 8.55. The minimum absolute atomic E-state index is 0.0712. The van der Waals surface area contributed by atoms with Crippen LogP contribution in [0, 0.1) is 11.6 Å². The van der Waals surface area contributed by atoms with E-state index in [1.54, 1.807) is 5.32 Å². The highest BCUT2D eigenvalue weighted by atomic mass is 35.5. The van der Waals surface area contributed by atoms with Gasteiger partial charge < -0.3 is 10.1 Å². The smallest absolute Gasteiger partial charge is 0.326 e. The Hall–Kier alpha value is -2.00. The topological polar surface area (TPSA) is 67.4 Å². The molecule has 0 aliphatic carbocycles. The largest absolute Gasteiger partial charge is 0.453 e. The Kier molecular flexibility index (Phi) is 8.16. The molecular weight excluding hydrogens is 567 g/mol. The van der Waals surface area contributed by atoms with E-state index >= 15 is 0 Å². The van der Waals surface area contributed by atoms with Crippen LogP contribution in [0.1, 0.15) is 10.4 Å². The fraction of sp³-hybridized carbons (Fsp3) is 0. The average Bonchev–Trinajstić information content (AvgIpc) is 2.72. The number of nitrogens with one attached hydrogen (secondary N) is 2. The first kappa shape index (κ1) is 25.6. The van der Waals surface area contributed by atoms with E-state index in [-0.39, 0.29) is 47.3 Å². The van der Waals surface area contributed by atoms with Gasteiger partial charge in [-0.2, -0.15) is 0 Å². The quantitative estimate of drug-likeness (QED) is 0.306. The number of hydrogen-bond donors (Lipinski definition) is 2. The van der Waals surface area contributed by atoms with Crippen molar-refractivity contribution in [3.63, 3.8) is 0 Å². The van der Waals surface area contributed by atoms with E-state index in [4.69, 9.17) is 74.3 Å². The SMILES string of the molecule is O=C(NC(=O)c1c(F)cccc1F)Nc1cc(Cl)c(Oc2cc(Cl)c(Cl)cc2Cl)c(Cl)c1Cl. The third-order valence-corrected chi connectivity index (χ3v) is 6.12. The molecule has 172 valence electrons. The summed E-state index contributed by atoms with van der Waals surface area (Å²) in [5.41, 5.74) is -1.06. The second kappa shape index (κ2) is 10.5. The predicted octanol–water partition coefficient (Wildman–Crippen LogP) is 8.64. The maximum absolute atomic E-state index is 13.7. The van der Waals surface area contributed by atoms with Crippen molar-refractivity contribution in [3.8, 4) is 11.5 Å². The molecule has 5 nitrogen and oxygen atoms in total. The molecule has 0 bridgehead atoms. The average molecular weight is 575 g/mol. The number of hydrogen-bond acceptors (Lipinski definition) is 3. The zero-order valence-electron chi connectivity index (χ0n) is 15.7. The number of ether oxygens (including phenoxy) is 1. The van der Waals surface area contributed by atoms with Crippen LogP contribution in [0.15, 0.2) is 36.4 Å². The summed E-state index contributed by atoms with van der Waals surface area (Å²) >= 11 is 36.5. The van der Waals surface area contributed by atoms with E-state index < -0.39 is 29.1 Å². The predicted molar refractivity (Wildman–Crippen MR) is 126 cm³/mol. The highest BCUT2D eigenvalue weighted by molar-refractivity contribution is 6.47. The van der Waals surface area contributed by atoms with E-state index in [1.165, 1.54) is 18.2 Å². The molecule has 0 fully saturated rings. The number of halogens is 8. The van der Waals surface area contributed by atoms with Crippen molar-refractivity contribution in [3.05, 3.63) is 83.7 Å². The van der Waals surface area contributed by atoms with Crippen LogP contribution in [-0.2, 0) is 0 Å². The molecule has 0 radical (unpaired) electrons. The van der Waals surface area contributed by atoms with Crippen molar-refractivity contribution < 1.29 is 23.1 Å². The van der Waals surface area contributed by atoms with E-state index in [1.807, 2.05) is 0 Å². The molecular formula is C20H8Cl6F2N2O3. The van der Waals surface area contributed by atoms with Crippen molar-refractivity contribution in [2.24, 2.45) is 0 Å². The number of urea groups is 1. The number of rotatable bonds is 4. The zero-order chi connectivity index (χ0) is 24.4. The van der Waals surface area contributed by atoms with Crippen LogP contribution in [0.5, 0.6) is 11.5 Å². The second-order valence-corrected chi connectivity index (χ2v) is 8.55. The van der Waals surface area contributed by atoms with Gasteiger partial charge in [0, 0.05) is 6.07 Å². The van der Waals surface area contributed by atoms with Gasteiger partial charge in [-0.3, -0.25) is 10.1 Å². The van der Waals surface area contributed by atoms with Gasteiger partial charge in [-0.05, 0) is 24.3 Å². The number of benzene rings is 3. The summed E-state index contributed by atoms with van der Waals surface area (Å²) in [7, 11) is 0. The minimum Gasteiger partial charge on any atom is -0.453 e. The normalized spacial score (nSPS) is 10.7. The maximum atomic E-state index is 13.7. The van der Waals surface area contributed by atoms with Crippen LogP contribution in [0.25, 0.3) is 0 Å². The third-order valence-electron chi connectivity index (χ3n) is 3.97. The lowest BCUT2D eigenvalue weighted by atomic mass is 10.2. The van der Waals surface area contributed by atoms with Gasteiger partial charge in [-0.15, -0.1) is 0 Å². The van der Waals surface area contributed by atoms with Crippen molar-refractivity contribution in [1.82, 2.24) is 5.32 Å². The summed E-state index contributed by atoms with van der Waals surface area (Å²) in [6.07, 6.45) is 0. The van der Waals surface area contributed by atoms with Gasteiger partial charge in [-0.1, -0.05) is 75.7 Å². The van der Waals surface area contributed by atoms with E-state index in [0.717, 1.165) is 18.2 Å². The van der Waals surface area contributed by atoms with Crippen LogP contribution in [0.4, 0.5) is 19.3 Å². The summed E-state index contributed by atoms with van der Waals surface area (Å²) in [6, 6.07) is 5.50. The van der Waals surface area contributed by atoms with Crippen LogP contribution in [-0.4, -0.2) is 11.9 Å². The third kappa shape index (κ3) is 5.74. The van der Waals surface area contributed by atoms with Crippen LogP contribution in [0.2, 0.25) is 30.1 Å². The Morgan fingerprint density at radius 3 is 2.03 bits per heavy atom. The molecule has 2 N–H and O–H groups in total. The maximum Gasteiger partial charge on any atom is 0.326 e. The standard InChI is InChI=1S/C20H8Cl6F2N2O3/c21-7-4-9(23)14(6-8(7)22)33-18-10(24)5-13(16(25)17(18)26)29-20(32)30-19(31)15-11(27)2-1-3-12(15)28/h1-6H,(H2,29,30,31,32). The summed E-state index contributed by atoms with van der Waals surface area (Å²) in [4.78, 5) is 24.2. The summed E-state index contributed by atoms with van der Waals surface area (Å²) in [6.45, 7) is 0. The monoisotopic (exact) mass is 572 g/mol. The fourth-order valence-electron chi connectivity index (χ4n) is 2.49. The first-order chi connectivity index (χ1) is 15.5. The molecule has 3 rings (SSSR count). The number of imide groups is 1. The first-order valence-corrected chi connectivity index (χ1v) is 10.8. The molecule has 0 unspecified atom stereocenters. The van der Waals surface area contributed by atoms with E-state index in [0.29, 0.717) is 0 Å². The van der Waals surface area contributed by atoms with Crippen molar-refractivity contribution in [2.45, 2.75) is 0 Å². The molecule has 3 aromatic rings. The van der Waals surface area contributed by atoms with Gasteiger partial charge in [-0.25, -0.2) is 13.6 Å². The second-order valence-electron chi connectivity index (χ2n) is 6.17. The summed E-state index contributed by atoms with van der Waals surface area (Å²) in [5.74, 6) is -3.65. The molecule has 0 atom stereocenters. The highest BCUT2D eigenvalue weighted by Crippen LogP contribution is 2.46. The van der Waals surface area contributed by atoms with Crippen LogP contribution < -0.4 is 15.4 Å². The number of carbonyl (C=O) groups excluding carboxylic acids is 2. The van der Waals surface area contributed by atoms with Gasteiger partial charge in [0.05, 0.1) is 30.8 Å². The molecule has 3 aromatic carbocycles. The molecule has 0 aromatic heterocycles. The van der Waals surface area contributed by atoms with Gasteiger partial charge in [0.2, 0.25) is 0 Å². The Labute approximate surface area is 215 Å². The minimum atomic E-state index is -1.31. The molecule has 33 heavy (non-hydrogen) atoms. The molecule has 0 saturated carbocycles. The fourth-order valence-corrected chi connectivity index (χ4v) is 3.79. The van der Waals surface area contributed by atoms with Crippen LogP contribution >= 0.6 is 69.6 Å². The van der Waals surface area contributed by atoms with Gasteiger partial charge in [0.15, 0.2) is 5.75 Å². The van der Waals surface area contributed by atoms with Gasteiger partial charge in [0.1, 0.15) is 28.0 Å². The summed E-state index contributed by atoms with van der Waals surface area (Å²) < 4.78 is 33.0. The molecule has 0 heterocycles. The van der Waals surface area contributed by atoms with Crippen LogP contribution in [0.3, 0.4) is 0 Å². The lowest BCUT2D eigenvalue weighted by Gasteiger charge is -2.16. The molecule has 13 heteroatoms.